The molecule has 5 N–H and O–H groups in total. The van der Waals surface area contributed by atoms with Gasteiger partial charge in [0, 0.05) is 25.5 Å². The van der Waals surface area contributed by atoms with Gasteiger partial charge in [-0.05, 0) is 18.1 Å². The molecule has 0 bridgehead atoms. The van der Waals surface area contributed by atoms with Crippen LogP contribution in [0, 0.1) is 0 Å². The zero-order valence-electron chi connectivity index (χ0n) is 19.4. The fourth-order valence-electron chi connectivity index (χ4n) is 4.01. The number of ether oxygens (including phenoxy) is 1. The minimum atomic E-state index is -0.782. The number of aliphatic hydroxyl groups is 1. The Balaban J connectivity index is 1.70. The molecule has 2 aromatic rings. The van der Waals surface area contributed by atoms with Gasteiger partial charge in [-0.3, -0.25) is 14.2 Å². The number of benzene rings is 1. The third kappa shape index (κ3) is 6.88. The Labute approximate surface area is 198 Å². The molecule has 0 spiro atoms. The van der Waals surface area contributed by atoms with Crippen molar-refractivity contribution >= 4 is 17.6 Å². The Morgan fingerprint density at radius 3 is 2.71 bits per heavy atom. The largest absolute Gasteiger partial charge is 0.394 e. The fraction of sp³-hybridized carbons (Fsp3) is 0.500. The Bertz CT molecular complexity index is 1010. The Hall–Kier alpha value is -3.24. The molecule has 2 amide bonds. The SMILES string of the molecule is CCCCCC(=O)NC(Cc1ccccc1)C(=O)N[C@H]1C[C@H](n2ccc(N)nc2=O)O[C@@H]1CO. The van der Waals surface area contributed by atoms with E-state index in [-0.39, 0.29) is 30.7 Å². The lowest BCUT2D eigenvalue weighted by Crippen LogP contribution is -2.52. The van der Waals surface area contributed by atoms with Crippen LogP contribution in [0.5, 0.6) is 0 Å². The molecule has 0 saturated carbocycles. The lowest BCUT2D eigenvalue weighted by Gasteiger charge is -2.23. The molecule has 1 fully saturated rings. The van der Waals surface area contributed by atoms with Crippen molar-refractivity contribution < 1.29 is 19.4 Å². The van der Waals surface area contributed by atoms with Gasteiger partial charge in [0.2, 0.25) is 11.8 Å². The van der Waals surface area contributed by atoms with Crippen LogP contribution in [0.2, 0.25) is 0 Å². The van der Waals surface area contributed by atoms with E-state index in [4.69, 9.17) is 10.5 Å². The van der Waals surface area contributed by atoms with E-state index in [9.17, 15) is 19.5 Å². The molecular formula is C24H33N5O5. The van der Waals surface area contributed by atoms with Crippen molar-refractivity contribution in [3.8, 4) is 0 Å². The van der Waals surface area contributed by atoms with E-state index in [1.54, 1.807) is 0 Å². The maximum Gasteiger partial charge on any atom is 0.351 e. The second-order valence-electron chi connectivity index (χ2n) is 8.47. The number of anilines is 1. The van der Waals surface area contributed by atoms with Crippen molar-refractivity contribution in [2.75, 3.05) is 12.3 Å². The van der Waals surface area contributed by atoms with Gasteiger partial charge in [-0.15, -0.1) is 0 Å². The molecule has 0 radical (unpaired) electrons. The molecule has 34 heavy (non-hydrogen) atoms. The van der Waals surface area contributed by atoms with Crippen LogP contribution in [-0.2, 0) is 20.7 Å². The number of amides is 2. The minimum Gasteiger partial charge on any atom is -0.394 e. The van der Waals surface area contributed by atoms with Crippen LogP contribution in [0.3, 0.4) is 0 Å². The van der Waals surface area contributed by atoms with Crippen molar-refractivity contribution in [3.63, 3.8) is 0 Å². The first-order valence-electron chi connectivity index (χ1n) is 11.7. The van der Waals surface area contributed by atoms with E-state index in [0.29, 0.717) is 12.8 Å². The summed E-state index contributed by atoms with van der Waals surface area (Å²) in [6.45, 7) is 1.72. The number of hydrogen-bond donors (Lipinski definition) is 4. The van der Waals surface area contributed by atoms with Crippen LogP contribution >= 0.6 is 0 Å². The van der Waals surface area contributed by atoms with Crippen molar-refractivity contribution in [2.24, 2.45) is 0 Å². The molecule has 3 rings (SSSR count). The molecule has 1 aromatic carbocycles. The Morgan fingerprint density at radius 2 is 2.03 bits per heavy atom. The van der Waals surface area contributed by atoms with Crippen LogP contribution in [0.25, 0.3) is 0 Å². The summed E-state index contributed by atoms with van der Waals surface area (Å²) in [6.07, 6.45) is 3.70. The lowest BCUT2D eigenvalue weighted by molar-refractivity contribution is -0.129. The van der Waals surface area contributed by atoms with Crippen molar-refractivity contribution in [2.45, 2.75) is 69.9 Å². The quantitative estimate of drug-likeness (QED) is 0.356. The van der Waals surface area contributed by atoms with Gasteiger partial charge in [-0.25, -0.2) is 4.79 Å². The van der Waals surface area contributed by atoms with Gasteiger partial charge in [-0.2, -0.15) is 4.98 Å². The predicted octanol–water partition coefficient (Wildman–Crippen LogP) is 0.898. The fourth-order valence-corrected chi connectivity index (χ4v) is 4.01. The predicted molar refractivity (Wildman–Crippen MR) is 127 cm³/mol. The van der Waals surface area contributed by atoms with Gasteiger partial charge in [0.25, 0.3) is 0 Å². The smallest absolute Gasteiger partial charge is 0.351 e. The molecule has 0 aliphatic carbocycles. The topological polar surface area (TPSA) is 149 Å². The lowest BCUT2D eigenvalue weighted by atomic mass is 10.0. The van der Waals surface area contributed by atoms with Crippen LogP contribution in [0.1, 0.15) is 50.8 Å². The number of rotatable bonds is 11. The second kappa shape index (κ2) is 12.3. The number of nitrogens with zero attached hydrogens (tertiary/aromatic N) is 2. The number of aliphatic hydroxyl groups excluding tert-OH is 1. The Kier molecular flexibility index (Phi) is 9.17. The summed E-state index contributed by atoms with van der Waals surface area (Å²) in [4.78, 5) is 41.6. The number of hydrogen-bond acceptors (Lipinski definition) is 7. The summed E-state index contributed by atoms with van der Waals surface area (Å²) in [5.74, 6) is -0.451. The van der Waals surface area contributed by atoms with E-state index in [1.165, 1.54) is 16.8 Å². The van der Waals surface area contributed by atoms with E-state index >= 15 is 0 Å². The molecular weight excluding hydrogens is 438 g/mol. The summed E-state index contributed by atoms with van der Waals surface area (Å²) in [5, 5.41) is 15.6. The minimum absolute atomic E-state index is 0.0984. The summed E-state index contributed by atoms with van der Waals surface area (Å²) >= 11 is 0. The number of unbranched alkanes of at least 4 members (excludes halogenated alkanes) is 2. The number of carbonyl (C=O) groups excluding carboxylic acids is 2. The van der Waals surface area contributed by atoms with E-state index in [1.807, 2.05) is 30.3 Å². The number of carbonyl (C=O) groups is 2. The molecule has 1 unspecified atom stereocenters. The summed E-state index contributed by atoms with van der Waals surface area (Å²) in [6, 6.07) is 9.58. The number of nitrogens with two attached hydrogens (primary N) is 1. The van der Waals surface area contributed by atoms with Crippen molar-refractivity contribution in [3.05, 3.63) is 58.6 Å². The molecule has 1 aliphatic heterocycles. The molecule has 1 aromatic heterocycles. The van der Waals surface area contributed by atoms with Gasteiger partial charge >= 0.3 is 5.69 Å². The highest BCUT2D eigenvalue weighted by molar-refractivity contribution is 5.88. The highest BCUT2D eigenvalue weighted by Gasteiger charge is 2.38. The maximum absolute atomic E-state index is 13.2. The molecule has 1 aliphatic rings. The zero-order valence-corrected chi connectivity index (χ0v) is 19.4. The van der Waals surface area contributed by atoms with Gasteiger partial charge in [0.1, 0.15) is 24.2 Å². The van der Waals surface area contributed by atoms with Gasteiger partial charge in [0.15, 0.2) is 0 Å². The van der Waals surface area contributed by atoms with Crippen LogP contribution in [-0.4, -0.2) is 51.3 Å². The van der Waals surface area contributed by atoms with E-state index in [2.05, 4.69) is 22.5 Å². The summed E-state index contributed by atoms with van der Waals surface area (Å²) in [7, 11) is 0. The van der Waals surface area contributed by atoms with Gasteiger partial charge in [-0.1, -0.05) is 50.1 Å². The monoisotopic (exact) mass is 471 g/mol. The normalized spacial score (nSPS) is 20.6. The molecule has 2 heterocycles. The molecule has 1 saturated heterocycles. The Morgan fingerprint density at radius 1 is 1.26 bits per heavy atom. The maximum atomic E-state index is 13.2. The highest BCUT2D eigenvalue weighted by Crippen LogP contribution is 2.27. The summed E-state index contributed by atoms with van der Waals surface area (Å²) in [5.41, 5.74) is 5.89. The van der Waals surface area contributed by atoms with Crippen molar-refractivity contribution in [1.29, 1.82) is 0 Å². The van der Waals surface area contributed by atoms with Gasteiger partial charge < -0.3 is 26.2 Å². The molecule has 10 nitrogen and oxygen atoms in total. The first-order valence-corrected chi connectivity index (χ1v) is 11.7. The van der Waals surface area contributed by atoms with E-state index < -0.39 is 30.1 Å². The van der Waals surface area contributed by atoms with Crippen molar-refractivity contribution in [1.82, 2.24) is 20.2 Å². The standard InChI is InChI=1S/C24H33N5O5/c1-2-3-5-10-21(31)26-18(13-16-8-6-4-7-9-16)23(32)27-17-14-22(34-19(17)15-30)29-12-11-20(25)28-24(29)33/h4,6-9,11-12,17-19,22,30H,2-3,5,10,13-15H2,1H3,(H,26,31)(H,27,32)(H2,25,28,33)/t17-,18?,19+,22+/m0/s1. The molecule has 10 heteroatoms. The zero-order chi connectivity index (χ0) is 24.5. The third-order valence-electron chi connectivity index (χ3n) is 5.85. The van der Waals surface area contributed by atoms with Crippen LogP contribution in [0.4, 0.5) is 5.82 Å². The third-order valence-corrected chi connectivity index (χ3v) is 5.85. The molecule has 4 atom stereocenters. The van der Waals surface area contributed by atoms with Gasteiger partial charge in [0.05, 0.1) is 12.6 Å². The first kappa shape index (κ1) is 25.4. The first-order chi connectivity index (χ1) is 16.4. The average Bonchev–Trinajstić information content (AvgIpc) is 3.21. The van der Waals surface area contributed by atoms with E-state index in [0.717, 1.165) is 24.8 Å². The molecule has 184 valence electrons. The number of nitrogens with one attached hydrogen (secondary N) is 2. The average molecular weight is 472 g/mol. The number of nitrogen functional groups attached to an aromatic ring is 1. The van der Waals surface area contributed by atoms with Crippen LogP contribution < -0.4 is 22.1 Å². The number of aromatic nitrogens is 2. The second-order valence-corrected chi connectivity index (χ2v) is 8.47. The van der Waals surface area contributed by atoms with Crippen LogP contribution in [0.15, 0.2) is 47.4 Å². The summed E-state index contributed by atoms with van der Waals surface area (Å²) < 4.78 is 7.09. The highest BCUT2D eigenvalue weighted by atomic mass is 16.5.